The maximum absolute atomic E-state index is 11.2. The van der Waals surface area contributed by atoms with Gasteiger partial charge in [-0.2, -0.15) is 0 Å². The Morgan fingerprint density at radius 1 is 1.53 bits per heavy atom. The number of nitro benzene ring substituents is 1. The first-order valence-corrected chi connectivity index (χ1v) is 4.28. The molecule has 2 rings (SSSR count). The zero-order valence-corrected chi connectivity index (χ0v) is 7.97. The number of nitrogens with zero attached hydrogens (tertiary/aromatic N) is 2. The second-order valence-corrected chi connectivity index (χ2v) is 3.27. The van der Waals surface area contributed by atoms with E-state index in [0.717, 1.165) is 5.56 Å². The van der Waals surface area contributed by atoms with Crippen LogP contribution < -0.4 is 4.74 Å². The number of fused-ring (bicyclic) bond motifs is 1. The molecular formula is C9H8N2O4. The minimum atomic E-state index is -0.521. The Balaban J connectivity index is 2.41. The molecule has 0 radical (unpaired) electrons. The molecule has 6 heteroatoms. The van der Waals surface area contributed by atoms with E-state index in [1.165, 1.54) is 17.0 Å². The van der Waals surface area contributed by atoms with Gasteiger partial charge in [0.1, 0.15) is 5.75 Å². The third-order valence-electron chi connectivity index (χ3n) is 2.18. The Labute approximate surface area is 85.2 Å². The van der Waals surface area contributed by atoms with Crippen molar-refractivity contribution < 1.29 is 14.5 Å². The molecule has 0 N–H and O–H groups in total. The highest BCUT2D eigenvalue weighted by Gasteiger charge is 2.23. The summed E-state index contributed by atoms with van der Waals surface area (Å²) in [6, 6.07) is 4.25. The monoisotopic (exact) mass is 208 g/mol. The molecule has 0 saturated heterocycles. The number of hydrogen-bond donors (Lipinski definition) is 0. The van der Waals surface area contributed by atoms with Crippen LogP contribution in [0, 0.1) is 10.1 Å². The smallest absolute Gasteiger partial charge is 0.410 e. The minimum Gasteiger partial charge on any atom is -0.410 e. The summed E-state index contributed by atoms with van der Waals surface area (Å²) in [5.74, 6) is 0.271. The van der Waals surface area contributed by atoms with Crippen molar-refractivity contribution in [1.29, 1.82) is 0 Å². The minimum absolute atomic E-state index is 0.0777. The van der Waals surface area contributed by atoms with E-state index in [9.17, 15) is 14.9 Å². The molecule has 78 valence electrons. The zero-order chi connectivity index (χ0) is 11.0. The SMILES string of the molecule is CN1Cc2ccc([N+](=O)[O-])cc2OC1=O. The van der Waals surface area contributed by atoms with Crippen molar-refractivity contribution in [3.63, 3.8) is 0 Å². The summed E-state index contributed by atoms with van der Waals surface area (Å²) < 4.78 is 4.92. The van der Waals surface area contributed by atoms with E-state index in [4.69, 9.17) is 4.74 Å². The van der Waals surface area contributed by atoms with Crippen molar-refractivity contribution in [2.24, 2.45) is 0 Å². The molecule has 6 nitrogen and oxygen atoms in total. The van der Waals surface area contributed by atoms with Gasteiger partial charge in [0, 0.05) is 18.7 Å². The van der Waals surface area contributed by atoms with E-state index in [-0.39, 0.29) is 11.4 Å². The van der Waals surface area contributed by atoms with Gasteiger partial charge in [-0.05, 0) is 6.07 Å². The molecule has 0 atom stereocenters. The number of rotatable bonds is 1. The summed E-state index contributed by atoms with van der Waals surface area (Å²) in [7, 11) is 1.60. The molecule has 0 bridgehead atoms. The molecule has 0 aromatic heterocycles. The van der Waals surface area contributed by atoms with Gasteiger partial charge in [-0.15, -0.1) is 0 Å². The number of non-ortho nitro benzene ring substituents is 1. The molecule has 0 aliphatic carbocycles. The highest BCUT2D eigenvalue weighted by Crippen LogP contribution is 2.29. The number of carbonyl (C=O) groups is 1. The first-order chi connectivity index (χ1) is 7.08. The van der Waals surface area contributed by atoms with Crippen molar-refractivity contribution >= 4 is 11.8 Å². The molecule has 0 fully saturated rings. The molecule has 1 aromatic rings. The van der Waals surface area contributed by atoms with Gasteiger partial charge in [0.25, 0.3) is 5.69 Å². The summed E-state index contributed by atoms with van der Waals surface area (Å²) >= 11 is 0. The lowest BCUT2D eigenvalue weighted by atomic mass is 10.1. The van der Waals surface area contributed by atoms with Gasteiger partial charge in [-0.3, -0.25) is 10.1 Å². The van der Waals surface area contributed by atoms with Crippen molar-refractivity contribution in [1.82, 2.24) is 4.90 Å². The van der Waals surface area contributed by atoms with Crippen LogP contribution in [0.25, 0.3) is 0 Å². The molecule has 1 aliphatic heterocycles. The summed E-state index contributed by atoms with van der Waals surface area (Å²) in [5, 5.41) is 10.5. The Kier molecular flexibility index (Phi) is 2.03. The molecule has 1 aliphatic rings. The van der Waals surface area contributed by atoms with Crippen LogP contribution in [0.2, 0.25) is 0 Å². The lowest BCUT2D eigenvalue weighted by molar-refractivity contribution is -0.384. The van der Waals surface area contributed by atoms with E-state index in [1.54, 1.807) is 13.1 Å². The fourth-order valence-electron chi connectivity index (χ4n) is 1.37. The molecular weight excluding hydrogens is 200 g/mol. The van der Waals surface area contributed by atoms with Crippen molar-refractivity contribution in [3.8, 4) is 5.75 Å². The fraction of sp³-hybridized carbons (Fsp3) is 0.222. The second-order valence-electron chi connectivity index (χ2n) is 3.27. The number of carbonyl (C=O) groups excluding carboxylic acids is 1. The zero-order valence-electron chi connectivity index (χ0n) is 7.97. The topological polar surface area (TPSA) is 72.7 Å². The summed E-state index contributed by atoms with van der Waals surface area (Å²) in [4.78, 5) is 22.5. The fourth-order valence-corrected chi connectivity index (χ4v) is 1.37. The molecule has 0 unspecified atom stereocenters. The van der Waals surface area contributed by atoms with Crippen LogP contribution >= 0.6 is 0 Å². The lowest BCUT2D eigenvalue weighted by Crippen LogP contribution is -2.33. The number of ether oxygens (including phenoxy) is 1. The predicted molar refractivity (Wildman–Crippen MR) is 50.6 cm³/mol. The van der Waals surface area contributed by atoms with E-state index in [2.05, 4.69) is 0 Å². The van der Waals surface area contributed by atoms with Crippen LogP contribution in [-0.4, -0.2) is 23.0 Å². The van der Waals surface area contributed by atoms with E-state index >= 15 is 0 Å². The summed E-state index contributed by atoms with van der Waals surface area (Å²) in [6.07, 6.45) is -0.497. The highest BCUT2D eigenvalue weighted by atomic mass is 16.6. The lowest BCUT2D eigenvalue weighted by Gasteiger charge is -2.23. The van der Waals surface area contributed by atoms with Gasteiger partial charge in [0.2, 0.25) is 0 Å². The standard InChI is InChI=1S/C9H8N2O4/c1-10-5-6-2-3-7(11(13)14)4-8(6)15-9(10)12/h2-4H,5H2,1H3. The first kappa shape index (κ1) is 9.45. The van der Waals surface area contributed by atoms with Crippen LogP contribution in [0.3, 0.4) is 0 Å². The Morgan fingerprint density at radius 2 is 2.27 bits per heavy atom. The number of nitro groups is 1. The average molecular weight is 208 g/mol. The van der Waals surface area contributed by atoms with E-state index < -0.39 is 11.0 Å². The molecule has 0 saturated carbocycles. The maximum Gasteiger partial charge on any atom is 0.415 e. The molecule has 15 heavy (non-hydrogen) atoms. The molecule has 1 heterocycles. The summed E-state index contributed by atoms with van der Waals surface area (Å²) in [5.41, 5.74) is 0.689. The second kappa shape index (κ2) is 3.23. The number of hydrogen-bond acceptors (Lipinski definition) is 4. The van der Waals surface area contributed by atoms with Gasteiger partial charge in [-0.25, -0.2) is 4.79 Å². The number of amides is 1. The first-order valence-electron chi connectivity index (χ1n) is 4.28. The van der Waals surface area contributed by atoms with Gasteiger partial charge < -0.3 is 9.64 Å². The van der Waals surface area contributed by atoms with Gasteiger partial charge in [0.15, 0.2) is 0 Å². The quantitative estimate of drug-likeness (QED) is 0.518. The van der Waals surface area contributed by atoms with Crippen molar-refractivity contribution in [2.75, 3.05) is 7.05 Å². The van der Waals surface area contributed by atoms with Crippen LogP contribution in [0.15, 0.2) is 18.2 Å². The Hall–Kier alpha value is -2.11. The Bertz CT molecular complexity index is 444. The molecule has 1 aromatic carbocycles. The largest absolute Gasteiger partial charge is 0.415 e. The van der Waals surface area contributed by atoms with Gasteiger partial charge >= 0.3 is 6.09 Å². The van der Waals surface area contributed by atoms with Crippen molar-refractivity contribution in [3.05, 3.63) is 33.9 Å². The van der Waals surface area contributed by atoms with E-state index in [1.807, 2.05) is 0 Å². The molecule has 0 spiro atoms. The third kappa shape index (κ3) is 1.61. The maximum atomic E-state index is 11.2. The van der Waals surface area contributed by atoms with Crippen LogP contribution in [-0.2, 0) is 6.54 Å². The third-order valence-corrected chi connectivity index (χ3v) is 2.18. The Morgan fingerprint density at radius 3 is 2.93 bits per heavy atom. The van der Waals surface area contributed by atoms with Crippen LogP contribution in [0.4, 0.5) is 10.5 Å². The molecule has 1 amide bonds. The van der Waals surface area contributed by atoms with Gasteiger partial charge in [-0.1, -0.05) is 0 Å². The highest BCUT2D eigenvalue weighted by molar-refractivity contribution is 5.73. The summed E-state index contributed by atoms with van der Waals surface area (Å²) in [6.45, 7) is 0.409. The average Bonchev–Trinajstić information content (AvgIpc) is 2.19. The normalized spacial score (nSPS) is 14.5. The number of benzene rings is 1. The van der Waals surface area contributed by atoms with Gasteiger partial charge in [0.05, 0.1) is 17.5 Å². The van der Waals surface area contributed by atoms with E-state index in [0.29, 0.717) is 6.54 Å². The van der Waals surface area contributed by atoms with Crippen molar-refractivity contribution in [2.45, 2.75) is 6.54 Å². The van der Waals surface area contributed by atoms with Crippen LogP contribution in [0.5, 0.6) is 5.75 Å². The predicted octanol–water partition coefficient (Wildman–Crippen LogP) is 1.54. The van der Waals surface area contributed by atoms with Crippen LogP contribution in [0.1, 0.15) is 5.56 Å².